The van der Waals surface area contributed by atoms with Crippen LogP contribution in [0.5, 0.6) is 11.5 Å². The number of benzene rings is 2. The van der Waals surface area contributed by atoms with Gasteiger partial charge in [0.15, 0.2) is 17.3 Å². The highest BCUT2D eigenvalue weighted by molar-refractivity contribution is 5.71. The first-order valence-electron chi connectivity index (χ1n) is 12.8. The van der Waals surface area contributed by atoms with Crippen LogP contribution in [0.25, 0.3) is 11.9 Å². The van der Waals surface area contributed by atoms with Gasteiger partial charge in [0.25, 0.3) is 0 Å². The van der Waals surface area contributed by atoms with Gasteiger partial charge in [-0.15, -0.1) is 0 Å². The van der Waals surface area contributed by atoms with Crippen molar-refractivity contribution in [1.29, 1.82) is 0 Å². The number of amides is 1. The van der Waals surface area contributed by atoms with Crippen molar-refractivity contribution in [3.8, 4) is 11.5 Å². The second kappa shape index (κ2) is 10.8. The van der Waals surface area contributed by atoms with Gasteiger partial charge in [-0.05, 0) is 62.1 Å². The molecule has 1 aliphatic heterocycles. The minimum absolute atomic E-state index is 0.381. The Morgan fingerprint density at radius 3 is 2.64 bits per heavy atom. The minimum Gasteiger partial charge on any atom is -0.493 e. The van der Waals surface area contributed by atoms with Gasteiger partial charge in [-0.2, -0.15) is 0 Å². The number of carbonyl (C=O) groups is 1. The van der Waals surface area contributed by atoms with Gasteiger partial charge in [0.2, 0.25) is 5.78 Å². The summed E-state index contributed by atoms with van der Waals surface area (Å²) in [4.78, 5) is 23.2. The second-order valence-electron chi connectivity index (χ2n) is 10.3. The summed E-state index contributed by atoms with van der Waals surface area (Å²) in [6.07, 6.45) is 7.97. The monoisotopic (exact) mass is 530 g/mol. The molecule has 9 heteroatoms. The van der Waals surface area contributed by atoms with Crippen LogP contribution in [0.2, 0.25) is 0 Å². The van der Waals surface area contributed by atoms with E-state index in [1.165, 1.54) is 6.20 Å². The largest absolute Gasteiger partial charge is 0.493 e. The van der Waals surface area contributed by atoms with Crippen LogP contribution < -0.4 is 9.47 Å². The van der Waals surface area contributed by atoms with E-state index >= 15 is 0 Å². The molecular formula is C30H31FN4O4. The Labute approximate surface area is 226 Å². The Balaban J connectivity index is 1.51. The fourth-order valence-electron chi connectivity index (χ4n) is 4.58. The highest BCUT2D eigenvalue weighted by Gasteiger charge is 2.33. The molecule has 202 valence electrons. The molecule has 1 aliphatic rings. The number of nitrogens with zero attached hydrogens (tertiary/aromatic N) is 4. The van der Waals surface area contributed by atoms with E-state index < -0.39 is 23.6 Å². The van der Waals surface area contributed by atoms with Crippen LogP contribution >= 0.6 is 0 Å². The molecule has 0 fully saturated rings. The number of aromatic nitrogens is 3. The summed E-state index contributed by atoms with van der Waals surface area (Å²) in [7, 11) is 1.59. The van der Waals surface area contributed by atoms with Gasteiger partial charge in [-0.3, -0.25) is 9.30 Å². The number of hydrogen-bond donors (Lipinski definition) is 0. The molecule has 2 aromatic heterocycles. The summed E-state index contributed by atoms with van der Waals surface area (Å²) in [5, 5.41) is 0. The first-order valence-corrected chi connectivity index (χ1v) is 12.8. The molecule has 0 saturated heterocycles. The topological polar surface area (TPSA) is 78.2 Å². The fourth-order valence-corrected chi connectivity index (χ4v) is 4.58. The maximum Gasteiger partial charge on any atom is 0.411 e. The molecule has 0 N–H and O–H groups in total. The number of halogens is 1. The summed E-state index contributed by atoms with van der Waals surface area (Å²) in [6, 6.07) is 13.4. The zero-order chi connectivity index (χ0) is 27.6. The average molecular weight is 531 g/mol. The Morgan fingerprint density at radius 1 is 1.13 bits per heavy atom. The first kappa shape index (κ1) is 26.2. The normalized spacial score (nSPS) is 15.4. The summed E-state index contributed by atoms with van der Waals surface area (Å²) in [5.41, 5.74) is 2.96. The van der Waals surface area contributed by atoms with Crippen molar-refractivity contribution in [1.82, 2.24) is 19.3 Å². The standard InChI is InChI=1S/C30H31FN4O4/c1-30(2,3)39-29(36)34-13-12-21-14-27(38-19-20-8-6-5-7-9-20)26(37-4)15-24(21)25(34)11-10-23-17-33-28-32-16-22(31)18-35(23)28/h5-11,14-18,25H,12-13,19H2,1-4H3/b11-10+. The molecule has 3 heterocycles. The van der Waals surface area contributed by atoms with E-state index in [9.17, 15) is 9.18 Å². The fraction of sp³-hybridized carbons (Fsp3) is 0.300. The van der Waals surface area contributed by atoms with Gasteiger partial charge in [-0.1, -0.05) is 36.4 Å². The molecule has 8 nitrogen and oxygen atoms in total. The third-order valence-corrected chi connectivity index (χ3v) is 6.38. The maximum atomic E-state index is 13.9. The van der Waals surface area contributed by atoms with Gasteiger partial charge < -0.3 is 14.2 Å². The summed E-state index contributed by atoms with van der Waals surface area (Å²) in [6.45, 7) is 6.37. The van der Waals surface area contributed by atoms with E-state index in [0.717, 1.165) is 22.9 Å². The lowest BCUT2D eigenvalue weighted by atomic mass is 9.91. The van der Waals surface area contributed by atoms with Crippen molar-refractivity contribution in [2.75, 3.05) is 13.7 Å². The van der Waals surface area contributed by atoms with Crippen LogP contribution in [0.15, 0.2) is 67.1 Å². The molecule has 0 bridgehead atoms. The van der Waals surface area contributed by atoms with E-state index in [0.29, 0.717) is 42.5 Å². The van der Waals surface area contributed by atoms with E-state index in [1.54, 1.807) is 22.6 Å². The Bertz CT molecular complexity index is 1510. The van der Waals surface area contributed by atoms with Gasteiger partial charge in [0.05, 0.1) is 31.2 Å². The lowest BCUT2D eigenvalue weighted by Gasteiger charge is -2.37. The average Bonchev–Trinajstić information content (AvgIpc) is 3.31. The number of hydrogen-bond acceptors (Lipinski definition) is 6. The van der Waals surface area contributed by atoms with Crippen LogP contribution in [0.1, 0.15) is 49.2 Å². The van der Waals surface area contributed by atoms with Crippen molar-refractivity contribution in [3.05, 3.63) is 95.3 Å². The van der Waals surface area contributed by atoms with E-state index in [1.807, 2.05) is 75.4 Å². The third-order valence-electron chi connectivity index (χ3n) is 6.38. The van der Waals surface area contributed by atoms with Crippen molar-refractivity contribution < 1.29 is 23.4 Å². The van der Waals surface area contributed by atoms with Gasteiger partial charge >= 0.3 is 6.09 Å². The van der Waals surface area contributed by atoms with Crippen LogP contribution in [-0.4, -0.2) is 44.6 Å². The SMILES string of the molecule is COc1cc2c(cc1OCc1ccccc1)CCN(C(=O)OC(C)(C)C)C2/C=C/c1cnc2ncc(F)cn12. The number of rotatable bonds is 6. The second-order valence-corrected chi connectivity index (χ2v) is 10.3. The molecule has 5 rings (SSSR count). The van der Waals surface area contributed by atoms with Gasteiger partial charge in [0.1, 0.15) is 12.2 Å². The quantitative estimate of drug-likeness (QED) is 0.304. The Hall–Kier alpha value is -4.40. The maximum absolute atomic E-state index is 13.9. The molecule has 0 spiro atoms. The van der Waals surface area contributed by atoms with Crippen LogP contribution in [-0.2, 0) is 17.8 Å². The van der Waals surface area contributed by atoms with Crippen molar-refractivity contribution in [3.63, 3.8) is 0 Å². The molecule has 0 aliphatic carbocycles. The third kappa shape index (κ3) is 5.87. The van der Waals surface area contributed by atoms with E-state index in [4.69, 9.17) is 14.2 Å². The summed E-state index contributed by atoms with van der Waals surface area (Å²) < 4.78 is 33.0. The highest BCUT2D eigenvalue weighted by Crippen LogP contribution is 2.40. The van der Waals surface area contributed by atoms with Gasteiger partial charge in [0, 0.05) is 12.7 Å². The first-order chi connectivity index (χ1) is 18.7. The predicted molar refractivity (Wildman–Crippen MR) is 145 cm³/mol. The molecular weight excluding hydrogens is 499 g/mol. The molecule has 1 unspecified atom stereocenters. The van der Waals surface area contributed by atoms with Crippen LogP contribution in [0.4, 0.5) is 9.18 Å². The molecule has 1 amide bonds. The van der Waals surface area contributed by atoms with Crippen molar-refractivity contribution >= 4 is 17.9 Å². The molecule has 0 radical (unpaired) electrons. The number of carbonyl (C=O) groups excluding carboxylic acids is 1. The van der Waals surface area contributed by atoms with Crippen LogP contribution in [0, 0.1) is 5.82 Å². The minimum atomic E-state index is -0.650. The summed E-state index contributed by atoms with van der Waals surface area (Å²) >= 11 is 0. The smallest absolute Gasteiger partial charge is 0.411 e. The molecule has 2 aromatic carbocycles. The highest BCUT2D eigenvalue weighted by atomic mass is 19.1. The van der Waals surface area contributed by atoms with Gasteiger partial charge in [-0.25, -0.2) is 19.2 Å². The van der Waals surface area contributed by atoms with E-state index in [2.05, 4.69) is 9.97 Å². The molecule has 39 heavy (non-hydrogen) atoms. The van der Waals surface area contributed by atoms with Crippen molar-refractivity contribution in [2.45, 2.75) is 45.4 Å². The predicted octanol–water partition coefficient (Wildman–Crippen LogP) is 6.00. The zero-order valence-electron chi connectivity index (χ0n) is 22.4. The summed E-state index contributed by atoms with van der Waals surface area (Å²) in [5.74, 6) is 1.11. The van der Waals surface area contributed by atoms with E-state index in [-0.39, 0.29) is 0 Å². The number of fused-ring (bicyclic) bond motifs is 2. The Kier molecular flexibility index (Phi) is 7.24. The number of imidazole rings is 1. The number of methoxy groups -OCH3 is 1. The number of ether oxygens (including phenoxy) is 3. The lowest BCUT2D eigenvalue weighted by Crippen LogP contribution is -2.42. The molecule has 1 atom stereocenters. The van der Waals surface area contributed by atoms with Crippen LogP contribution in [0.3, 0.4) is 0 Å². The molecule has 0 saturated carbocycles. The Morgan fingerprint density at radius 2 is 1.90 bits per heavy atom. The lowest BCUT2D eigenvalue weighted by molar-refractivity contribution is 0.0185. The molecule has 4 aromatic rings. The van der Waals surface area contributed by atoms with Crippen molar-refractivity contribution in [2.24, 2.45) is 0 Å². The zero-order valence-corrected chi connectivity index (χ0v) is 22.4.